The molecule has 0 saturated heterocycles. The molecule has 1 amide bonds. The van der Waals surface area contributed by atoms with E-state index in [0.29, 0.717) is 18.6 Å². The molecule has 0 saturated carbocycles. The molecule has 5 rings (SSSR count). The van der Waals surface area contributed by atoms with Gasteiger partial charge in [0.15, 0.2) is 11.5 Å². The molecule has 1 heterocycles. The molecule has 0 fully saturated rings. The number of ether oxygens (including phenoxy) is 3. The quantitative estimate of drug-likeness (QED) is 0.704. The average molecular weight is 401 g/mol. The maximum atomic E-state index is 13.8. The van der Waals surface area contributed by atoms with E-state index in [-0.39, 0.29) is 12.7 Å². The van der Waals surface area contributed by atoms with Crippen molar-refractivity contribution in [3.05, 3.63) is 82.9 Å². The van der Waals surface area contributed by atoms with E-state index in [1.807, 2.05) is 55.5 Å². The van der Waals surface area contributed by atoms with Gasteiger partial charge in [0, 0.05) is 5.69 Å². The van der Waals surface area contributed by atoms with Gasteiger partial charge in [-0.05, 0) is 72.4 Å². The van der Waals surface area contributed by atoms with Crippen LogP contribution in [0.4, 0.5) is 5.69 Å². The van der Waals surface area contributed by atoms with E-state index in [2.05, 4.69) is 17.4 Å². The van der Waals surface area contributed by atoms with Gasteiger partial charge < -0.3 is 19.5 Å². The summed E-state index contributed by atoms with van der Waals surface area (Å²) in [5.74, 6) is 2.15. The van der Waals surface area contributed by atoms with Gasteiger partial charge in [-0.15, -0.1) is 0 Å². The standard InChI is InChI=1S/C25H23NO4/c1-16-11-20(28-2)8-9-21(16)26-24(27)25(13-17-5-3-4-6-18(17)14-25)19-7-10-22-23(12-19)30-15-29-22/h3-12H,13-15H2,1-2H3,(H,26,27). The van der Waals surface area contributed by atoms with Crippen LogP contribution in [0, 0.1) is 6.92 Å². The lowest BCUT2D eigenvalue weighted by molar-refractivity contribution is -0.121. The maximum absolute atomic E-state index is 13.8. The van der Waals surface area contributed by atoms with Gasteiger partial charge >= 0.3 is 0 Å². The van der Waals surface area contributed by atoms with Gasteiger partial charge in [0.1, 0.15) is 5.75 Å². The van der Waals surface area contributed by atoms with Gasteiger partial charge in [0.05, 0.1) is 12.5 Å². The van der Waals surface area contributed by atoms with E-state index >= 15 is 0 Å². The van der Waals surface area contributed by atoms with Crippen LogP contribution < -0.4 is 19.5 Å². The van der Waals surface area contributed by atoms with Crippen molar-refractivity contribution >= 4 is 11.6 Å². The lowest BCUT2D eigenvalue weighted by atomic mass is 9.76. The van der Waals surface area contributed by atoms with E-state index < -0.39 is 5.41 Å². The summed E-state index contributed by atoms with van der Waals surface area (Å²) in [6, 6.07) is 19.8. The third-order valence-electron chi connectivity index (χ3n) is 6.14. The molecule has 3 aromatic carbocycles. The zero-order chi connectivity index (χ0) is 20.7. The van der Waals surface area contributed by atoms with Crippen molar-refractivity contribution in [3.63, 3.8) is 0 Å². The number of hydrogen-bond acceptors (Lipinski definition) is 4. The highest BCUT2D eigenvalue weighted by Crippen LogP contribution is 2.44. The SMILES string of the molecule is COc1ccc(NC(=O)C2(c3ccc4c(c3)OCO4)Cc3ccccc3C2)c(C)c1. The van der Waals surface area contributed by atoms with Crippen molar-refractivity contribution in [1.82, 2.24) is 0 Å². The minimum Gasteiger partial charge on any atom is -0.497 e. The lowest BCUT2D eigenvalue weighted by Gasteiger charge is -2.29. The van der Waals surface area contributed by atoms with Crippen molar-refractivity contribution in [2.24, 2.45) is 0 Å². The Kier molecular flexibility index (Phi) is 4.39. The highest BCUT2D eigenvalue weighted by Gasteiger charge is 2.46. The number of methoxy groups -OCH3 is 1. The molecule has 5 nitrogen and oxygen atoms in total. The van der Waals surface area contributed by atoms with Crippen molar-refractivity contribution in [2.45, 2.75) is 25.2 Å². The van der Waals surface area contributed by atoms with Crippen LogP contribution >= 0.6 is 0 Å². The second kappa shape index (κ2) is 7.10. The maximum Gasteiger partial charge on any atom is 0.235 e. The fourth-order valence-corrected chi connectivity index (χ4v) is 4.45. The number of carbonyl (C=O) groups is 1. The molecule has 3 aromatic rings. The molecular weight excluding hydrogens is 378 g/mol. The minimum absolute atomic E-state index is 0.0224. The molecule has 1 aliphatic carbocycles. The molecule has 30 heavy (non-hydrogen) atoms. The van der Waals surface area contributed by atoms with Crippen LogP contribution in [-0.2, 0) is 23.1 Å². The highest BCUT2D eigenvalue weighted by atomic mass is 16.7. The zero-order valence-corrected chi connectivity index (χ0v) is 17.0. The Hall–Kier alpha value is -3.47. The van der Waals surface area contributed by atoms with E-state index in [1.54, 1.807) is 7.11 Å². The number of rotatable bonds is 4. The Bertz CT molecular complexity index is 1110. The number of anilines is 1. The van der Waals surface area contributed by atoms with Gasteiger partial charge in [0.2, 0.25) is 12.7 Å². The number of benzene rings is 3. The monoisotopic (exact) mass is 401 g/mol. The Morgan fingerprint density at radius 2 is 1.70 bits per heavy atom. The van der Waals surface area contributed by atoms with E-state index in [9.17, 15) is 4.79 Å². The number of fused-ring (bicyclic) bond motifs is 2. The summed E-state index contributed by atoms with van der Waals surface area (Å²) in [6.07, 6.45) is 1.29. The summed E-state index contributed by atoms with van der Waals surface area (Å²) in [6.45, 7) is 2.18. The molecule has 152 valence electrons. The van der Waals surface area contributed by atoms with Crippen molar-refractivity contribution in [1.29, 1.82) is 0 Å². The first kappa shape index (κ1) is 18.6. The smallest absolute Gasteiger partial charge is 0.235 e. The minimum atomic E-state index is -0.711. The number of aryl methyl sites for hydroxylation is 1. The lowest BCUT2D eigenvalue weighted by Crippen LogP contribution is -2.41. The van der Waals surface area contributed by atoms with Gasteiger partial charge in [-0.2, -0.15) is 0 Å². The molecule has 0 aromatic heterocycles. The normalized spacial score (nSPS) is 15.5. The van der Waals surface area contributed by atoms with Crippen LogP contribution in [0.15, 0.2) is 60.7 Å². The Morgan fingerprint density at radius 1 is 0.967 bits per heavy atom. The Labute approximate surface area is 175 Å². The third-order valence-corrected chi connectivity index (χ3v) is 6.14. The van der Waals surface area contributed by atoms with Crippen LogP contribution in [0.2, 0.25) is 0 Å². The summed E-state index contributed by atoms with van der Waals surface area (Å²) < 4.78 is 16.4. The molecule has 5 heteroatoms. The zero-order valence-electron chi connectivity index (χ0n) is 17.0. The molecule has 0 spiro atoms. The van der Waals surface area contributed by atoms with E-state index in [0.717, 1.165) is 28.3 Å². The molecule has 0 atom stereocenters. The number of carbonyl (C=O) groups excluding carboxylic acids is 1. The largest absolute Gasteiger partial charge is 0.497 e. The summed E-state index contributed by atoms with van der Waals surface area (Å²) in [5, 5.41) is 3.18. The van der Waals surface area contributed by atoms with Gasteiger partial charge in [-0.25, -0.2) is 0 Å². The first-order chi connectivity index (χ1) is 14.6. The van der Waals surface area contributed by atoms with E-state index in [4.69, 9.17) is 14.2 Å². The molecule has 0 bridgehead atoms. The van der Waals surface area contributed by atoms with Crippen LogP contribution in [0.5, 0.6) is 17.2 Å². The van der Waals surface area contributed by atoms with Crippen LogP contribution in [-0.4, -0.2) is 19.8 Å². The van der Waals surface area contributed by atoms with Gasteiger partial charge in [-0.1, -0.05) is 30.3 Å². The molecule has 0 unspecified atom stereocenters. The summed E-state index contributed by atoms with van der Waals surface area (Å²) in [4.78, 5) is 13.8. The fraction of sp³-hybridized carbons (Fsp3) is 0.240. The first-order valence-corrected chi connectivity index (χ1v) is 10.0. The van der Waals surface area contributed by atoms with Crippen LogP contribution in [0.25, 0.3) is 0 Å². The van der Waals surface area contributed by atoms with Crippen LogP contribution in [0.3, 0.4) is 0 Å². The van der Waals surface area contributed by atoms with Gasteiger partial charge in [0.25, 0.3) is 0 Å². The summed E-state index contributed by atoms with van der Waals surface area (Å²) in [5.41, 5.74) is 4.38. The third kappa shape index (κ3) is 2.98. The molecule has 1 N–H and O–H groups in total. The fourth-order valence-electron chi connectivity index (χ4n) is 4.45. The molecule has 2 aliphatic rings. The van der Waals surface area contributed by atoms with Crippen molar-refractivity contribution < 1.29 is 19.0 Å². The number of amides is 1. The second-order valence-corrected chi connectivity index (χ2v) is 7.91. The average Bonchev–Trinajstić information content (AvgIpc) is 3.39. The molecule has 1 aliphatic heterocycles. The number of hydrogen-bond donors (Lipinski definition) is 1. The highest BCUT2D eigenvalue weighted by molar-refractivity contribution is 6.01. The number of nitrogens with one attached hydrogen (secondary N) is 1. The summed E-state index contributed by atoms with van der Waals surface area (Å²) in [7, 11) is 1.64. The predicted octanol–water partition coefficient (Wildman–Crippen LogP) is 4.41. The van der Waals surface area contributed by atoms with Crippen LogP contribution in [0.1, 0.15) is 22.3 Å². The Balaban J connectivity index is 1.55. The summed E-state index contributed by atoms with van der Waals surface area (Å²) >= 11 is 0. The Morgan fingerprint density at radius 3 is 2.40 bits per heavy atom. The van der Waals surface area contributed by atoms with Crippen molar-refractivity contribution in [3.8, 4) is 17.2 Å². The van der Waals surface area contributed by atoms with Gasteiger partial charge in [-0.3, -0.25) is 4.79 Å². The van der Waals surface area contributed by atoms with E-state index in [1.165, 1.54) is 11.1 Å². The topological polar surface area (TPSA) is 56.8 Å². The first-order valence-electron chi connectivity index (χ1n) is 10.0. The molecule has 0 radical (unpaired) electrons. The second-order valence-electron chi connectivity index (χ2n) is 7.91. The molecular formula is C25H23NO4. The van der Waals surface area contributed by atoms with Crippen molar-refractivity contribution in [2.75, 3.05) is 19.2 Å². The predicted molar refractivity (Wildman–Crippen MR) is 114 cm³/mol.